The van der Waals surface area contributed by atoms with Crippen LogP contribution in [0.3, 0.4) is 0 Å². The van der Waals surface area contributed by atoms with Gasteiger partial charge in [0.05, 0.1) is 10.7 Å². The molecule has 2 heterocycles. The van der Waals surface area contributed by atoms with Gasteiger partial charge in [-0.1, -0.05) is 6.92 Å². The lowest BCUT2D eigenvalue weighted by atomic mass is 10.1. The number of hydrogen-bond acceptors (Lipinski definition) is 4. The van der Waals surface area contributed by atoms with Crippen molar-refractivity contribution in [3.05, 3.63) is 16.1 Å². The molecule has 1 fully saturated rings. The molecule has 1 unspecified atom stereocenters. The Labute approximate surface area is 95.3 Å². The number of thiazole rings is 1. The number of aromatic nitrogens is 1. The summed E-state index contributed by atoms with van der Waals surface area (Å²) in [7, 11) is 0. The standard InChI is InChI=1S/C11H19N3S/c1-2-14-5-3-4-10(14)6-11-13-9(7-12)8-15-11/h8,10H,2-7,12H2,1H3. The van der Waals surface area contributed by atoms with Crippen molar-refractivity contribution in [2.24, 2.45) is 5.73 Å². The molecule has 0 aliphatic carbocycles. The monoisotopic (exact) mass is 225 g/mol. The maximum absolute atomic E-state index is 5.56. The van der Waals surface area contributed by atoms with E-state index < -0.39 is 0 Å². The van der Waals surface area contributed by atoms with E-state index in [-0.39, 0.29) is 0 Å². The first-order chi connectivity index (χ1) is 7.33. The molecule has 0 saturated carbocycles. The summed E-state index contributed by atoms with van der Waals surface area (Å²) in [5.74, 6) is 0. The van der Waals surface area contributed by atoms with Crippen LogP contribution < -0.4 is 5.73 Å². The van der Waals surface area contributed by atoms with Crippen LogP contribution in [0.1, 0.15) is 30.5 Å². The third-order valence-corrected chi connectivity index (χ3v) is 4.04. The van der Waals surface area contributed by atoms with E-state index in [1.54, 1.807) is 11.3 Å². The van der Waals surface area contributed by atoms with Gasteiger partial charge in [0.25, 0.3) is 0 Å². The molecular weight excluding hydrogens is 206 g/mol. The number of nitrogens with two attached hydrogens (primary N) is 1. The van der Waals surface area contributed by atoms with Crippen molar-refractivity contribution >= 4 is 11.3 Å². The third kappa shape index (κ3) is 2.56. The highest BCUT2D eigenvalue weighted by atomic mass is 32.1. The van der Waals surface area contributed by atoms with Crippen LogP contribution in [0.25, 0.3) is 0 Å². The average Bonchev–Trinajstić information content (AvgIpc) is 2.87. The minimum atomic E-state index is 0.568. The fourth-order valence-corrected chi connectivity index (χ4v) is 3.16. The molecule has 1 aromatic heterocycles. The van der Waals surface area contributed by atoms with Gasteiger partial charge in [-0.05, 0) is 25.9 Å². The highest BCUT2D eigenvalue weighted by Crippen LogP contribution is 2.22. The molecule has 0 spiro atoms. The zero-order chi connectivity index (χ0) is 10.7. The summed E-state index contributed by atoms with van der Waals surface area (Å²) in [6.07, 6.45) is 3.78. The second-order valence-corrected chi connectivity index (χ2v) is 5.01. The molecule has 1 aliphatic rings. The lowest BCUT2D eigenvalue weighted by Crippen LogP contribution is -2.30. The molecule has 2 N–H and O–H groups in total. The second-order valence-electron chi connectivity index (χ2n) is 4.07. The molecule has 3 nitrogen and oxygen atoms in total. The molecule has 0 aromatic carbocycles. The van der Waals surface area contributed by atoms with Gasteiger partial charge in [0, 0.05) is 24.4 Å². The molecule has 84 valence electrons. The van der Waals surface area contributed by atoms with Crippen LogP contribution in [0.5, 0.6) is 0 Å². The molecule has 0 bridgehead atoms. The van der Waals surface area contributed by atoms with Gasteiger partial charge in [-0.25, -0.2) is 4.98 Å². The Hall–Kier alpha value is -0.450. The first-order valence-corrected chi connectivity index (χ1v) is 6.58. The topological polar surface area (TPSA) is 42.2 Å². The van der Waals surface area contributed by atoms with Gasteiger partial charge < -0.3 is 10.6 Å². The average molecular weight is 225 g/mol. The van der Waals surface area contributed by atoms with E-state index in [1.807, 2.05) is 0 Å². The maximum atomic E-state index is 5.56. The first-order valence-electron chi connectivity index (χ1n) is 5.71. The molecule has 2 rings (SSSR count). The number of hydrogen-bond donors (Lipinski definition) is 1. The van der Waals surface area contributed by atoms with Crippen molar-refractivity contribution in [2.75, 3.05) is 13.1 Å². The van der Waals surface area contributed by atoms with E-state index in [2.05, 4.69) is 22.2 Å². The Bertz CT molecular complexity index is 311. The van der Waals surface area contributed by atoms with E-state index in [0.717, 1.165) is 12.1 Å². The van der Waals surface area contributed by atoms with Gasteiger partial charge in [-0.2, -0.15) is 0 Å². The lowest BCUT2D eigenvalue weighted by molar-refractivity contribution is 0.266. The van der Waals surface area contributed by atoms with E-state index >= 15 is 0 Å². The molecule has 0 radical (unpaired) electrons. The van der Waals surface area contributed by atoms with Crippen LogP contribution in [0, 0.1) is 0 Å². The Kier molecular flexibility index (Phi) is 3.72. The van der Waals surface area contributed by atoms with Crippen molar-refractivity contribution in [1.82, 2.24) is 9.88 Å². The van der Waals surface area contributed by atoms with Crippen LogP contribution in [-0.4, -0.2) is 29.0 Å². The van der Waals surface area contributed by atoms with Crippen LogP contribution in [0.15, 0.2) is 5.38 Å². The number of nitrogens with zero attached hydrogens (tertiary/aromatic N) is 2. The maximum Gasteiger partial charge on any atom is 0.0944 e. The minimum absolute atomic E-state index is 0.568. The normalized spacial score (nSPS) is 22.4. The summed E-state index contributed by atoms with van der Waals surface area (Å²) in [6, 6.07) is 0.715. The summed E-state index contributed by atoms with van der Waals surface area (Å²) in [5, 5.41) is 3.33. The van der Waals surface area contributed by atoms with Crippen LogP contribution >= 0.6 is 11.3 Å². The fraction of sp³-hybridized carbons (Fsp3) is 0.727. The summed E-state index contributed by atoms with van der Waals surface area (Å²) < 4.78 is 0. The van der Waals surface area contributed by atoms with Crippen molar-refractivity contribution in [3.63, 3.8) is 0 Å². The van der Waals surface area contributed by atoms with Crippen LogP contribution in [0.4, 0.5) is 0 Å². The predicted molar refractivity (Wildman–Crippen MR) is 64.0 cm³/mol. The van der Waals surface area contributed by atoms with Crippen molar-refractivity contribution in [1.29, 1.82) is 0 Å². The highest BCUT2D eigenvalue weighted by Gasteiger charge is 2.23. The number of likely N-dealkylation sites (N-methyl/N-ethyl adjacent to an activating group) is 1. The number of likely N-dealkylation sites (tertiary alicyclic amines) is 1. The quantitative estimate of drug-likeness (QED) is 0.847. The van der Waals surface area contributed by atoms with Gasteiger partial charge in [0.2, 0.25) is 0 Å². The van der Waals surface area contributed by atoms with Crippen LogP contribution in [-0.2, 0) is 13.0 Å². The van der Waals surface area contributed by atoms with Gasteiger partial charge in [-0.3, -0.25) is 0 Å². The minimum Gasteiger partial charge on any atom is -0.325 e. The van der Waals surface area contributed by atoms with Gasteiger partial charge in [-0.15, -0.1) is 11.3 Å². The first kappa shape index (κ1) is 11.0. The predicted octanol–water partition coefficient (Wildman–Crippen LogP) is 1.63. The molecule has 1 aromatic rings. The Balaban J connectivity index is 1.95. The van der Waals surface area contributed by atoms with Crippen molar-refractivity contribution in [3.8, 4) is 0 Å². The molecular formula is C11H19N3S. The van der Waals surface area contributed by atoms with E-state index in [9.17, 15) is 0 Å². The van der Waals surface area contributed by atoms with Crippen molar-refractivity contribution < 1.29 is 0 Å². The summed E-state index contributed by atoms with van der Waals surface area (Å²) in [5.41, 5.74) is 6.60. The molecule has 1 aliphatic heterocycles. The molecule has 1 saturated heterocycles. The van der Waals surface area contributed by atoms with Gasteiger partial charge in [0.1, 0.15) is 0 Å². The van der Waals surface area contributed by atoms with Crippen molar-refractivity contribution in [2.45, 2.75) is 38.8 Å². The highest BCUT2D eigenvalue weighted by molar-refractivity contribution is 7.09. The van der Waals surface area contributed by atoms with E-state index in [4.69, 9.17) is 5.73 Å². The number of rotatable bonds is 4. The Morgan fingerprint density at radius 2 is 2.53 bits per heavy atom. The Morgan fingerprint density at radius 1 is 1.67 bits per heavy atom. The largest absolute Gasteiger partial charge is 0.325 e. The molecule has 4 heteroatoms. The van der Waals surface area contributed by atoms with E-state index in [1.165, 1.54) is 30.9 Å². The van der Waals surface area contributed by atoms with Crippen LogP contribution in [0.2, 0.25) is 0 Å². The summed E-state index contributed by atoms with van der Waals surface area (Å²) in [4.78, 5) is 7.09. The third-order valence-electron chi connectivity index (χ3n) is 3.12. The zero-order valence-electron chi connectivity index (χ0n) is 9.28. The molecule has 0 amide bonds. The SMILES string of the molecule is CCN1CCCC1Cc1nc(CN)cs1. The lowest BCUT2D eigenvalue weighted by Gasteiger charge is -2.21. The second kappa shape index (κ2) is 5.05. The zero-order valence-corrected chi connectivity index (χ0v) is 10.1. The van der Waals surface area contributed by atoms with E-state index in [0.29, 0.717) is 12.6 Å². The Morgan fingerprint density at radius 3 is 3.20 bits per heavy atom. The van der Waals surface area contributed by atoms with Gasteiger partial charge in [0.15, 0.2) is 0 Å². The summed E-state index contributed by atoms with van der Waals surface area (Å²) in [6.45, 7) is 5.24. The summed E-state index contributed by atoms with van der Waals surface area (Å²) >= 11 is 1.76. The van der Waals surface area contributed by atoms with Gasteiger partial charge >= 0.3 is 0 Å². The fourth-order valence-electron chi connectivity index (χ4n) is 2.28. The molecule has 15 heavy (non-hydrogen) atoms. The smallest absolute Gasteiger partial charge is 0.0944 e. The molecule has 1 atom stereocenters.